The molecule has 232 valence electrons. The Morgan fingerprint density at radius 1 is 0.955 bits per heavy atom. The third-order valence-electron chi connectivity index (χ3n) is 6.94. The van der Waals surface area contributed by atoms with Crippen molar-refractivity contribution in [2.24, 2.45) is 5.92 Å². The fourth-order valence-corrected chi connectivity index (χ4v) is 5.82. The average Bonchev–Trinajstić information content (AvgIpc) is 3.76. The average molecular weight is 753 g/mol. The van der Waals surface area contributed by atoms with E-state index in [1.54, 1.807) is 6.92 Å². The zero-order chi connectivity index (χ0) is 32.8. The maximum atomic E-state index is 15.9. The lowest BCUT2D eigenvalue weighted by Crippen LogP contribution is -2.50. The molecule has 0 radical (unpaired) electrons. The summed E-state index contributed by atoms with van der Waals surface area (Å²) in [7, 11) is 0. The molecule has 0 aliphatic heterocycles. The number of carbonyl (C=O) groups excluding carboxylic acids is 2. The van der Waals surface area contributed by atoms with Crippen LogP contribution in [0.4, 0.5) is 46.5 Å². The summed E-state index contributed by atoms with van der Waals surface area (Å²) < 4.78 is 109. The van der Waals surface area contributed by atoms with Gasteiger partial charge in [0.05, 0.1) is 28.6 Å². The van der Waals surface area contributed by atoms with Gasteiger partial charge in [-0.1, -0.05) is 6.07 Å². The Kier molecular flexibility index (Phi) is 9.19. The van der Waals surface area contributed by atoms with Crippen LogP contribution in [0.5, 0.6) is 0 Å². The maximum absolute atomic E-state index is 15.9. The van der Waals surface area contributed by atoms with Gasteiger partial charge in [-0.2, -0.15) is 31.6 Å². The van der Waals surface area contributed by atoms with Crippen LogP contribution in [0.1, 0.15) is 50.2 Å². The summed E-state index contributed by atoms with van der Waals surface area (Å²) in [6.07, 6.45) is -11.1. The molecule has 15 heteroatoms. The highest BCUT2D eigenvalue weighted by molar-refractivity contribution is 9.11. The lowest BCUT2D eigenvalue weighted by atomic mass is 9.94. The molecule has 3 aromatic rings. The second kappa shape index (κ2) is 12.1. The molecule has 1 aliphatic carbocycles. The highest BCUT2D eigenvalue weighted by atomic mass is 79.9. The normalized spacial score (nSPS) is 13.8. The second-order valence-electron chi connectivity index (χ2n) is 10.1. The van der Waals surface area contributed by atoms with E-state index in [9.17, 15) is 40.3 Å². The van der Waals surface area contributed by atoms with Crippen molar-refractivity contribution in [3.05, 3.63) is 91.1 Å². The van der Waals surface area contributed by atoms with Crippen LogP contribution in [0.2, 0.25) is 0 Å². The predicted molar refractivity (Wildman–Crippen MR) is 151 cm³/mol. The van der Waals surface area contributed by atoms with Gasteiger partial charge < -0.3 is 10.2 Å². The first-order valence-electron chi connectivity index (χ1n) is 12.6. The number of nitriles is 1. The van der Waals surface area contributed by atoms with Gasteiger partial charge in [0.25, 0.3) is 11.8 Å². The van der Waals surface area contributed by atoms with Crippen molar-refractivity contribution in [3.8, 4) is 6.07 Å². The summed E-state index contributed by atoms with van der Waals surface area (Å²) in [4.78, 5) is 27.9. The standard InChI is InChI=1S/C29H19Br2F8N3O2/c1-14-9-16(12-40)7-8-18(14)26(44)42(13-15-5-6-15)22-4-2-3-19(23(22)32)25(43)41-24-20(30)10-17(11-21(24)31)27(33,28(34,35)36)29(37,38)39/h2-4,7-11,15H,5-6,13H2,1H3,(H,41,43). The predicted octanol–water partition coefficient (Wildman–Crippen LogP) is 9.13. The molecule has 1 N–H and O–H groups in total. The van der Waals surface area contributed by atoms with Gasteiger partial charge in [0.15, 0.2) is 5.82 Å². The quantitative estimate of drug-likeness (QED) is 0.245. The number of hydrogen-bond donors (Lipinski definition) is 1. The molecule has 1 fully saturated rings. The SMILES string of the molecule is Cc1cc(C#N)ccc1C(=O)N(CC1CC1)c1cccc(C(=O)Nc2c(Br)cc(C(F)(C(F)(F)F)C(F)(F)F)cc2Br)c1F. The molecule has 0 saturated heterocycles. The Morgan fingerprint density at radius 2 is 1.55 bits per heavy atom. The van der Waals surface area contributed by atoms with Crippen LogP contribution in [0.25, 0.3) is 0 Å². The van der Waals surface area contributed by atoms with E-state index >= 15 is 4.39 Å². The summed E-state index contributed by atoms with van der Waals surface area (Å²) in [6, 6.07) is 10.4. The van der Waals surface area contributed by atoms with Crippen LogP contribution in [0.3, 0.4) is 0 Å². The fourth-order valence-electron chi connectivity index (χ4n) is 4.43. The number of benzene rings is 3. The van der Waals surface area contributed by atoms with E-state index in [0.29, 0.717) is 11.1 Å². The third-order valence-corrected chi connectivity index (χ3v) is 8.19. The molecule has 4 rings (SSSR count). The molecule has 0 aromatic heterocycles. The Morgan fingerprint density at radius 3 is 2.05 bits per heavy atom. The van der Waals surface area contributed by atoms with Gasteiger partial charge >= 0.3 is 18.0 Å². The van der Waals surface area contributed by atoms with Crippen LogP contribution in [0, 0.1) is 30.0 Å². The van der Waals surface area contributed by atoms with E-state index in [-0.39, 0.29) is 35.8 Å². The van der Waals surface area contributed by atoms with Gasteiger partial charge in [0, 0.05) is 26.6 Å². The molecule has 1 saturated carbocycles. The van der Waals surface area contributed by atoms with Crippen LogP contribution in [-0.2, 0) is 5.67 Å². The van der Waals surface area contributed by atoms with Gasteiger partial charge in [-0.05, 0) is 106 Å². The highest BCUT2D eigenvalue weighted by Crippen LogP contribution is 2.54. The van der Waals surface area contributed by atoms with Gasteiger partial charge in [-0.3, -0.25) is 9.59 Å². The third kappa shape index (κ3) is 6.32. The van der Waals surface area contributed by atoms with Crippen molar-refractivity contribution in [3.63, 3.8) is 0 Å². The molecule has 0 spiro atoms. The molecular formula is C29H19Br2F8N3O2. The van der Waals surface area contributed by atoms with Crippen molar-refractivity contribution < 1.29 is 44.7 Å². The number of alkyl halides is 7. The first-order valence-corrected chi connectivity index (χ1v) is 14.2. The number of anilines is 2. The molecule has 1 aliphatic rings. The van der Waals surface area contributed by atoms with E-state index in [4.69, 9.17) is 5.26 Å². The largest absolute Gasteiger partial charge is 0.435 e. The van der Waals surface area contributed by atoms with Gasteiger partial charge in [0.1, 0.15) is 0 Å². The summed E-state index contributed by atoms with van der Waals surface area (Å²) in [5.74, 6) is -2.78. The molecule has 0 unspecified atom stereocenters. The van der Waals surface area contributed by atoms with Gasteiger partial charge in [0.2, 0.25) is 0 Å². The minimum atomic E-state index is -6.36. The number of carbonyl (C=O) groups is 2. The van der Waals surface area contributed by atoms with Crippen molar-refractivity contribution in [2.45, 2.75) is 37.8 Å². The molecule has 3 aromatic carbocycles. The van der Waals surface area contributed by atoms with Crippen molar-refractivity contribution in [1.82, 2.24) is 0 Å². The topological polar surface area (TPSA) is 73.2 Å². The lowest BCUT2D eigenvalue weighted by molar-refractivity contribution is -0.348. The van der Waals surface area contributed by atoms with E-state index in [1.807, 2.05) is 6.07 Å². The minimum absolute atomic E-state index is 0.0796. The van der Waals surface area contributed by atoms with E-state index < -0.39 is 61.4 Å². The summed E-state index contributed by atoms with van der Waals surface area (Å²) in [5.41, 5.74) is -7.80. The van der Waals surface area contributed by atoms with E-state index in [0.717, 1.165) is 18.9 Å². The fraction of sp³-hybridized carbons (Fsp3) is 0.276. The molecule has 0 atom stereocenters. The highest BCUT2D eigenvalue weighted by Gasteiger charge is 2.73. The number of amides is 2. The molecule has 44 heavy (non-hydrogen) atoms. The molecule has 0 heterocycles. The van der Waals surface area contributed by atoms with Crippen LogP contribution in [0.15, 0.2) is 57.5 Å². The Hall–Kier alpha value is -3.51. The van der Waals surface area contributed by atoms with Crippen molar-refractivity contribution >= 4 is 55.0 Å². The number of halogens is 10. The number of nitrogens with one attached hydrogen (secondary N) is 1. The first kappa shape index (κ1) is 33.4. The Balaban J connectivity index is 1.69. The summed E-state index contributed by atoms with van der Waals surface area (Å²) in [6.45, 7) is 1.74. The van der Waals surface area contributed by atoms with Gasteiger partial charge in [-0.25, -0.2) is 8.78 Å². The zero-order valence-corrected chi connectivity index (χ0v) is 25.5. The van der Waals surface area contributed by atoms with Crippen LogP contribution < -0.4 is 10.2 Å². The summed E-state index contributed by atoms with van der Waals surface area (Å²) >= 11 is 5.53. The number of nitrogens with zero attached hydrogens (tertiary/aromatic N) is 2. The number of hydrogen-bond acceptors (Lipinski definition) is 3. The van der Waals surface area contributed by atoms with Crippen molar-refractivity contribution in [1.29, 1.82) is 5.26 Å². The number of rotatable bonds is 7. The maximum Gasteiger partial charge on any atom is 0.435 e. The first-order chi connectivity index (χ1) is 20.4. The van der Waals surface area contributed by atoms with Crippen molar-refractivity contribution in [2.75, 3.05) is 16.8 Å². The molecule has 0 bridgehead atoms. The molecular weight excluding hydrogens is 734 g/mol. The second-order valence-corrected chi connectivity index (χ2v) is 11.8. The zero-order valence-electron chi connectivity index (χ0n) is 22.3. The lowest BCUT2D eigenvalue weighted by Gasteiger charge is -2.31. The van der Waals surface area contributed by atoms with Crippen LogP contribution in [-0.4, -0.2) is 30.7 Å². The molecule has 2 amide bonds. The van der Waals surface area contributed by atoms with E-state index in [1.165, 1.54) is 35.2 Å². The van der Waals surface area contributed by atoms with Gasteiger partial charge in [-0.15, -0.1) is 0 Å². The monoisotopic (exact) mass is 751 g/mol. The smallest absolute Gasteiger partial charge is 0.320 e. The minimum Gasteiger partial charge on any atom is -0.320 e. The Bertz CT molecular complexity index is 1640. The van der Waals surface area contributed by atoms with E-state index in [2.05, 4.69) is 37.2 Å². The summed E-state index contributed by atoms with van der Waals surface area (Å²) in [5, 5.41) is 11.3. The molecule has 5 nitrogen and oxygen atoms in total. The Labute approximate surface area is 262 Å². The van der Waals surface area contributed by atoms with Crippen LogP contribution >= 0.6 is 31.9 Å². The number of aryl methyl sites for hydroxylation is 1.